The minimum Gasteiger partial charge on any atom is -0.263 e. The Morgan fingerprint density at radius 2 is 0.714 bits per heavy atom. The van der Waals surface area contributed by atoms with Crippen LogP contribution in [0.4, 0.5) is 0 Å². The summed E-state index contributed by atoms with van der Waals surface area (Å²) >= 11 is 0. The molecule has 0 atom stereocenters. The van der Waals surface area contributed by atoms with Gasteiger partial charge in [-0.1, -0.05) is 97.1 Å². The molecule has 2 heterocycles. The molecule has 0 spiro atoms. The Morgan fingerprint density at radius 3 is 1.29 bits per heavy atom. The largest absolute Gasteiger partial charge is 0.263 e. The highest BCUT2D eigenvalue weighted by Gasteiger charge is 2.13. The van der Waals surface area contributed by atoms with Crippen molar-refractivity contribution in [3.63, 3.8) is 0 Å². The first kappa shape index (κ1) is 23.1. The molecule has 194 valence electrons. The second kappa shape index (κ2) is 8.92. The van der Waals surface area contributed by atoms with Gasteiger partial charge >= 0.3 is 0 Å². The molecule has 7 aromatic carbocycles. The van der Waals surface area contributed by atoms with E-state index in [0.29, 0.717) is 0 Å². The number of pyridine rings is 1. The maximum atomic E-state index is 4.76. The van der Waals surface area contributed by atoms with Gasteiger partial charge in [0.25, 0.3) is 0 Å². The zero-order valence-electron chi connectivity index (χ0n) is 22.6. The van der Waals surface area contributed by atoms with E-state index in [4.69, 9.17) is 15.0 Å². The third kappa shape index (κ3) is 3.37. The monoisotopic (exact) mass is 533 g/mol. The number of rotatable bonds is 2. The fourth-order valence-corrected chi connectivity index (χ4v) is 6.65. The fourth-order valence-electron chi connectivity index (χ4n) is 6.65. The van der Waals surface area contributed by atoms with Crippen LogP contribution in [0.25, 0.3) is 87.1 Å². The van der Waals surface area contributed by atoms with Gasteiger partial charge in [-0.05, 0) is 72.4 Å². The number of hydrogen-bond donors (Lipinski definition) is 0. The van der Waals surface area contributed by atoms with Gasteiger partial charge < -0.3 is 0 Å². The van der Waals surface area contributed by atoms with Crippen molar-refractivity contribution in [2.24, 2.45) is 0 Å². The van der Waals surface area contributed by atoms with Gasteiger partial charge in [-0.3, -0.25) is 15.0 Å². The minimum atomic E-state index is 0.922. The van der Waals surface area contributed by atoms with E-state index >= 15 is 0 Å². The summed E-state index contributed by atoms with van der Waals surface area (Å²) in [6.45, 7) is 0. The lowest BCUT2D eigenvalue weighted by Gasteiger charge is -2.13. The van der Waals surface area contributed by atoms with Crippen molar-refractivity contribution in [3.8, 4) is 22.3 Å². The summed E-state index contributed by atoms with van der Waals surface area (Å²) in [6, 6.07) is 41.5. The van der Waals surface area contributed by atoms with E-state index < -0.39 is 0 Å². The molecule has 0 unspecified atom stereocenters. The van der Waals surface area contributed by atoms with E-state index in [1.54, 1.807) is 12.4 Å². The molecule has 0 N–H and O–H groups in total. The average molecular weight is 534 g/mol. The van der Waals surface area contributed by atoms with Crippen molar-refractivity contribution in [2.75, 3.05) is 0 Å². The van der Waals surface area contributed by atoms with Gasteiger partial charge in [0.1, 0.15) is 0 Å². The zero-order chi connectivity index (χ0) is 27.6. The topological polar surface area (TPSA) is 38.7 Å². The molecule has 0 saturated heterocycles. The molecule has 3 nitrogen and oxygen atoms in total. The molecule has 0 aliphatic heterocycles. The van der Waals surface area contributed by atoms with Crippen molar-refractivity contribution in [3.05, 3.63) is 140 Å². The Bertz CT molecular complexity index is 2290. The summed E-state index contributed by atoms with van der Waals surface area (Å²) in [5, 5.41) is 12.2. The van der Waals surface area contributed by atoms with Crippen LogP contribution in [-0.2, 0) is 0 Å². The van der Waals surface area contributed by atoms with Crippen LogP contribution in [0.5, 0.6) is 0 Å². The molecule has 9 rings (SSSR count). The summed E-state index contributed by atoms with van der Waals surface area (Å²) < 4.78 is 0. The first-order valence-corrected chi connectivity index (χ1v) is 14.2. The summed E-state index contributed by atoms with van der Waals surface area (Å²) in [6.07, 6.45) is 7.46. The summed E-state index contributed by atoms with van der Waals surface area (Å²) in [5.41, 5.74) is 6.28. The van der Waals surface area contributed by atoms with Gasteiger partial charge in [0.2, 0.25) is 0 Å². The normalized spacial score (nSPS) is 11.8. The van der Waals surface area contributed by atoms with E-state index in [-0.39, 0.29) is 0 Å². The number of nitrogens with zero attached hydrogens (tertiary/aromatic N) is 3. The van der Waals surface area contributed by atoms with E-state index in [1.165, 1.54) is 43.1 Å². The zero-order valence-corrected chi connectivity index (χ0v) is 22.6. The molecule has 9 aromatic rings. The van der Waals surface area contributed by atoms with E-state index in [1.807, 2.05) is 12.4 Å². The van der Waals surface area contributed by atoms with Crippen LogP contribution in [0.1, 0.15) is 0 Å². The first-order chi connectivity index (χ1) is 20.8. The molecular formula is C39H23N3. The molecule has 0 radical (unpaired) electrons. The Labute approximate surface area is 241 Å². The average Bonchev–Trinajstić information content (AvgIpc) is 3.08. The van der Waals surface area contributed by atoms with Crippen LogP contribution >= 0.6 is 0 Å². The van der Waals surface area contributed by atoms with Crippen LogP contribution in [0.3, 0.4) is 0 Å². The number of fused-ring (bicyclic) bond motifs is 12. The highest BCUT2D eigenvalue weighted by Crippen LogP contribution is 2.38. The molecule has 0 aliphatic carbocycles. The van der Waals surface area contributed by atoms with Crippen molar-refractivity contribution in [1.29, 1.82) is 0 Å². The minimum absolute atomic E-state index is 0.922. The third-order valence-electron chi connectivity index (χ3n) is 8.59. The molecular weight excluding hydrogens is 510 g/mol. The summed E-state index contributed by atoms with van der Waals surface area (Å²) in [5.74, 6) is 0. The van der Waals surface area contributed by atoms with Gasteiger partial charge in [-0.2, -0.15) is 0 Å². The molecule has 0 bridgehead atoms. The molecule has 0 aliphatic rings. The quantitative estimate of drug-likeness (QED) is 0.208. The van der Waals surface area contributed by atoms with Crippen molar-refractivity contribution >= 4 is 64.9 Å². The summed E-state index contributed by atoms with van der Waals surface area (Å²) in [7, 11) is 0. The second-order valence-corrected chi connectivity index (χ2v) is 10.9. The molecule has 42 heavy (non-hydrogen) atoms. The predicted molar refractivity (Wildman–Crippen MR) is 176 cm³/mol. The van der Waals surface area contributed by atoms with Gasteiger partial charge in [0, 0.05) is 46.7 Å². The van der Waals surface area contributed by atoms with E-state index in [0.717, 1.165) is 44.1 Å². The molecule has 0 amide bonds. The van der Waals surface area contributed by atoms with Crippen molar-refractivity contribution in [1.82, 2.24) is 15.0 Å². The Hall–Kier alpha value is -5.67. The number of aromatic nitrogens is 3. The lowest BCUT2D eigenvalue weighted by atomic mass is 9.92. The Morgan fingerprint density at radius 1 is 0.310 bits per heavy atom. The van der Waals surface area contributed by atoms with Crippen LogP contribution in [0.15, 0.2) is 140 Å². The smallest absolute Gasteiger partial charge is 0.0971 e. The first-order valence-electron chi connectivity index (χ1n) is 14.2. The van der Waals surface area contributed by atoms with Crippen molar-refractivity contribution in [2.45, 2.75) is 0 Å². The standard InChI is InChI=1S/C39H23N3/c1-2-9-30-28(7-1)29-8-3-4-11-32(29)36-20-24(13-15-33(30)36)26-19-27(23-40-22-26)25-14-16-34-31-10-5-6-12-35(31)38-39(37(34)21-25)42-18-17-41-38/h1-23H. The SMILES string of the molecule is c1ccc2c(c1)c1ccccc1c1cc(-c3cncc(-c4ccc5c6ccccc6c6nccnc6c5c4)c3)ccc21. The predicted octanol–water partition coefficient (Wildman–Crippen LogP) is 10.1. The molecule has 2 aromatic heterocycles. The maximum absolute atomic E-state index is 4.76. The van der Waals surface area contributed by atoms with Crippen molar-refractivity contribution < 1.29 is 0 Å². The summed E-state index contributed by atoms with van der Waals surface area (Å²) in [4.78, 5) is 14.2. The van der Waals surface area contributed by atoms with Gasteiger partial charge in [-0.25, -0.2) is 0 Å². The third-order valence-corrected chi connectivity index (χ3v) is 8.59. The molecule has 0 fully saturated rings. The van der Waals surface area contributed by atoms with Gasteiger partial charge in [-0.15, -0.1) is 0 Å². The molecule has 3 heteroatoms. The molecule has 0 saturated carbocycles. The second-order valence-electron chi connectivity index (χ2n) is 10.9. The maximum Gasteiger partial charge on any atom is 0.0971 e. The van der Waals surface area contributed by atoms with Crippen LogP contribution < -0.4 is 0 Å². The van der Waals surface area contributed by atoms with E-state index in [2.05, 4.69) is 115 Å². The van der Waals surface area contributed by atoms with Crippen LogP contribution in [0, 0.1) is 0 Å². The lowest BCUT2D eigenvalue weighted by Crippen LogP contribution is -1.90. The fraction of sp³-hybridized carbons (Fsp3) is 0. The number of benzene rings is 7. The van der Waals surface area contributed by atoms with Crippen LogP contribution in [0.2, 0.25) is 0 Å². The van der Waals surface area contributed by atoms with Gasteiger partial charge in [0.15, 0.2) is 0 Å². The Balaban J connectivity index is 1.23. The Kier molecular flexibility index (Phi) is 4.90. The van der Waals surface area contributed by atoms with Crippen LogP contribution in [-0.4, -0.2) is 15.0 Å². The van der Waals surface area contributed by atoms with E-state index in [9.17, 15) is 0 Å². The lowest BCUT2D eigenvalue weighted by molar-refractivity contribution is 1.31. The highest BCUT2D eigenvalue weighted by molar-refractivity contribution is 6.26. The number of hydrogen-bond acceptors (Lipinski definition) is 3. The van der Waals surface area contributed by atoms with Gasteiger partial charge in [0.05, 0.1) is 11.0 Å². The highest BCUT2D eigenvalue weighted by atomic mass is 14.8.